The highest BCUT2D eigenvalue weighted by Gasteiger charge is 2.44. The molecule has 8 rings (SSSR count). The lowest BCUT2D eigenvalue weighted by molar-refractivity contribution is -0.127. The van der Waals surface area contributed by atoms with Crippen LogP contribution in [-0.4, -0.2) is 130 Å². The number of phosphoric ester groups is 1. The molecule has 39 heteroatoms. The van der Waals surface area contributed by atoms with Gasteiger partial charge >= 0.3 is 34.8 Å². The molecule has 95 heavy (non-hydrogen) atoms. The van der Waals surface area contributed by atoms with Gasteiger partial charge in [-0.05, 0) is 104 Å². The van der Waals surface area contributed by atoms with Crippen molar-refractivity contribution >= 4 is 86.4 Å². The van der Waals surface area contributed by atoms with Crippen molar-refractivity contribution in [2.75, 3.05) is 69.9 Å². The molecule has 35 nitrogen and oxygen atoms in total. The molecule has 0 aliphatic carbocycles. The number of rotatable bonds is 32. The average Bonchev–Trinajstić information content (AvgIpc) is 1.73. The molecule has 4 aromatic carbocycles. The first-order valence-corrected chi connectivity index (χ1v) is 33.5. The Morgan fingerprint density at radius 3 is 2.37 bits per heavy atom. The van der Waals surface area contributed by atoms with Crippen molar-refractivity contribution < 1.29 is 88.6 Å². The van der Waals surface area contributed by atoms with Crippen molar-refractivity contribution in [2.24, 2.45) is 10.2 Å². The maximum Gasteiger partial charge on any atom is 0.490 e. The van der Waals surface area contributed by atoms with Gasteiger partial charge in [-0.15, -0.1) is 0 Å². The molecule has 0 radical (unpaired) electrons. The number of unbranched alkanes of at least 4 members (excludes halogenated alkanes) is 2. The third-order valence-electron chi connectivity index (χ3n) is 13.8. The fourth-order valence-corrected chi connectivity index (χ4v) is 12.8. The summed E-state index contributed by atoms with van der Waals surface area (Å²) in [4.78, 5) is 120. The van der Waals surface area contributed by atoms with Gasteiger partial charge in [0.05, 0.1) is 24.8 Å². The first kappa shape index (κ1) is 71.9. The number of oxazole rings is 1. The lowest BCUT2D eigenvalue weighted by Crippen LogP contribution is -2.31. The SMILES string of the molecule is CCN(CC)c1ccc2c(-c3ccccc3C(=O)NCCCCCNC(=O)c3cccc(OCC(N=[N+]=[N-])OCC(=O)NCC#Cc4cn(C5CC(OCN=[N+]=[N-])C(COP(=O)(O)OP(=O)(O)OP(=O)(O)O)O5)c(=O)nc4N)c3)c(-c3nc4cc(Cl)ccc4o3)c(=O)oc2c1. The Morgan fingerprint density at radius 2 is 1.63 bits per heavy atom. The van der Waals surface area contributed by atoms with E-state index in [9.17, 15) is 53.0 Å². The summed E-state index contributed by atoms with van der Waals surface area (Å²) in [5.74, 6) is 3.60. The number of azide groups is 2. The first-order valence-electron chi connectivity index (χ1n) is 28.6. The number of carbonyl (C=O) groups excluding carboxylic acids is 3. The molecule has 6 atom stereocenters. The van der Waals surface area contributed by atoms with Crippen molar-refractivity contribution in [3.63, 3.8) is 0 Å². The van der Waals surface area contributed by atoms with Gasteiger partial charge in [0.1, 0.15) is 60.5 Å². The Bertz CT molecular complexity index is 4430. The number of nitrogens with one attached hydrogen (secondary N) is 3. The highest BCUT2D eigenvalue weighted by molar-refractivity contribution is 7.66. The zero-order valence-electron chi connectivity index (χ0n) is 50.2. The number of nitrogens with zero attached hydrogens (tertiary/aromatic N) is 10. The summed E-state index contributed by atoms with van der Waals surface area (Å²) in [6.45, 7) is 3.17. The van der Waals surface area contributed by atoms with Gasteiger partial charge < -0.3 is 73.9 Å². The predicted octanol–water partition coefficient (Wildman–Crippen LogP) is 7.72. The molecule has 0 saturated carbocycles. The Labute approximate surface area is 542 Å². The predicted molar refractivity (Wildman–Crippen MR) is 339 cm³/mol. The number of anilines is 2. The van der Waals surface area contributed by atoms with Gasteiger partial charge in [0.15, 0.2) is 11.8 Å². The summed E-state index contributed by atoms with van der Waals surface area (Å²) in [5, 5.41) is 16.0. The van der Waals surface area contributed by atoms with Crippen molar-refractivity contribution in [2.45, 2.75) is 64.2 Å². The van der Waals surface area contributed by atoms with Crippen LogP contribution in [0.3, 0.4) is 0 Å². The zero-order chi connectivity index (χ0) is 68.5. The van der Waals surface area contributed by atoms with E-state index in [1.807, 2.05) is 26.0 Å². The van der Waals surface area contributed by atoms with Crippen LogP contribution in [0.2, 0.25) is 5.02 Å². The topological polar surface area (TPSA) is 502 Å². The second kappa shape index (κ2) is 32.9. The van der Waals surface area contributed by atoms with Gasteiger partial charge in [-0.2, -0.15) is 13.6 Å². The normalized spacial score (nSPS) is 16.1. The minimum atomic E-state index is -5.86. The summed E-state index contributed by atoms with van der Waals surface area (Å²) in [7, 11) is -17.2. The number of nitrogen functional groups attached to an aromatic ring is 1. The molecule has 1 aliphatic rings. The molecule has 0 bridgehead atoms. The van der Waals surface area contributed by atoms with E-state index in [0.29, 0.717) is 76.1 Å². The number of aromatic nitrogens is 3. The Balaban J connectivity index is 0.787. The molecule has 9 N–H and O–H groups in total. The zero-order valence-corrected chi connectivity index (χ0v) is 53.6. The third kappa shape index (κ3) is 20.0. The molecule has 1 fully saturated rings. The van der Waals surface area contributed by atoms with E-state index >= 15 is 0 Å². The smallest absolute Gasteiger partial charge is 0.490 e. The van der Waals surface area contributed by atoms with Crippen LogP contribution in [0, 0.1) is 11.8 Å². The minimum absolute atomic E-state index is 0.000468. The summed E-state index contributed by atoms with van der Waals surface area (Å²) >= 11 is 6.26. The number of hydrogen-bond donors (Lipinski definition) is 8. The van der Waals surface area contributed by atoms with Crippen LogP contribution in [0.25, 0.3) is 65.5 Å². The molecule has 0 spiro atoms. The van der Waals surface area contributed by atoms with Crippen LogP contribution < -0.4 is 42.6 Å². The monoisotopic (exact) mass is 1390 g/mol. The number of benzene rings is 4. The minimum Gasteiger partial charge on any atom is -0.491 e. The number of carbonyl (C=O) groups is 3. The van der Waals surface area contributed by atoms with E-state index in [1.165, 1.54) is 6.07 Å². The maximum atomic E-state index is 14.1. The van der Waals surface area contributed by atoms with Gasteiger partial charge in [0.2, 0.25) is 11.8 Å². The lowest BCUT2D eigenvalue weighted by atomic mass is 9.92. The summed E-state index contributed by atoms with van der Waals surface area (Å²) in [6.07, 6.45) is -2.55. The lowest BCUT2D eigenvalue weighted by Gasteiger charge is -2.21. The van der Waals surface area contributed by atoms with Crippen LogP contribution in [0.4, 0.5) is 11.5 Å². The molecule has 7 aromatic rings. The van der Waals surface area contributed by atoms with Crippen LogP contribution in [0.1, 0.15) is 72.0 Å². The molecule has 502 valence electrons. The van der Waals surface area contributed by atoms with Gasteiger partial charge in [-0.1, -0.05) is 57.9 Å². The molecular formula is C56H60ClN14O21P3. The first-order chi connectivity index (χ1) is 45.4. The van der Waals surface area contributed by atoms with Gasteiger partial charge in [0.25, 0.3) is 11.8 Å². The second-order valence-corrected chi connectivity index (χ2v) is 25.0. The van der Waals surface area contributed by atoms with Crippen molar-refractivity contribution in [1.82, 2.24) is 30.5 Å². The van der Waals surface area contributed by atoms with E-state index in [0.717, 1.165) is 29.5 Å². The van der Waals surface area contributed by atoms with Gasteiger partial charge in [0, 0.05) is 87.5 Å². The molecular weight excluding hydrogens is 1330 g/mol. The molecule has 4 heterocycles. The fourth-order valence-electron chi connectivity index (χ4n) is 9.56. The standard InChI is InChI=1S/C56H60ClN14O21P3/c1-3-70(4-2)36-18-19-40-43(26-36)90-55(75)50(54-65-41-25-35(57)17-20-42(41)89-54)49(40)38-15-6-7-16-39(38)53(74)63-22-9-5-8-21-62-52(73)33-12-10-14-37(24-33)84-31-47(67-69-60)85-30-46(72)61-23-11-13-34-28-71(56(76)66-51(34)58)48-27-44(86-32-64-68-59)45(88-48)29-87-94(80,81)92-95(82,83)91-93(77,78)79/h6-7,10,12,14-20,24-26,28,44-45,47-48H,3-5,8-9,21-23,27,29-32H2,1-2H3,(H,61,72)(H,62,73)(H,63,74)(H,80,81)(H,82,83)(H2,58,66,76)(H2,77,78,79). The number of ether oxygens (including phenoxy) is 4. The quantitative estimate of drug-likeness (QED) is 0.00380. The summed E-state index contributed by atoms with van der Waals surface area (Å²) < 4.78 is 82.5. The average molecular weight is 1390 g/mol. The molecule has 3 aromatic heterocycles. The maximum absolute atomic E-state index is 14.1. The van der Waals surface area contributed by atoms with Gasteiger partial charge in [-0.3, -0.25) is 23.5 Å². The number of fused-ring (bicyclic) bond motifs is 2. The molecule has 1 saturated heterocycles. The number of phosphoric acid groups is 3. The summed E-state index contributed by atoms with van der Waals surface area (Å²) in [5.41, 5.74) is 25.5. The third-order valence-corrected chi connectivity index (χ3v) is 17.9. The highest BCUT2D eigenvalue weighted by atomic mass is 35.5. The summed E-state index contributed by atoms with van der Waals surface area (Å²) in [6, 6.07) is 23.6. The molecule has 3 amide bonds. The van der Waals surface area contributed by atoms with Crippen LogP contribution in [0.15, 0.2) is 120 Å². The van der Waals surface area contributed by atoms with E-state index in [2.05, 4.69) is 75.9 Å². The number of nitrogens with two attached hydrogens (primary N) is 1. The van der Waals surface area contributed by atoms with Crippen LogP contribution in [-0.2, 0) is 45.8 Å². The van der Waals surface area contributed by atoms with Crippen LogP contribution >= 0.6 is 35.1 Å². The fraction of sp³-hybridized carbons (Fsp3) is 0.339. The van der Waals surface area contributed by atoms with E-state index in [4.69, 9.17) is 60.4 Å². The van der Waals surface area contributed by atoms with E-state index in [-0.39, 0.29) is 59.6 Å². The largest absolute Gasteiger partial charge is 0.491 e. The Morgan fingerprint density at radius 1 is 0.874 bits per heavy atom. The van der Waals surface area contributed by atoms with Crippen molar-refractivity contribution in [3.8, 4) is 40.2 Å². The number of amides is 3. The number of halogens is 1. The highest BCUT2D eigenvalue weighted by Crippen LogP contribution is 2.66. The van der Waals surface area contributed by atoms with E-state index < -0.39 is 91.2 Å². The van der Waals surface area contributed by atoms with Crippen LogP contribution in [0.5, 0.6) is 5.75 Å². The van der Waals surface area contributed by atoms with Gasteiger partial charge in [-0.25, -0.2) is 28.3 Å². The van der Waals surface area contributed by atoms with Crippen molar-refractivity contribution in [1.29, 1.82) is 0 Å². The molecule has 1 aliphatic heterocycles. The number of hydrogen-bond acceptors (Lipinski definition) is 23. The molecule has 6 unspecified atom stereocenters. The Kier molecular flexibility index (Phi) is 24.9. The second-order valence-electron chi connectivity index (χ2n) is 20.2. The van der Waals surface area contributed by atoms with E-state index in [1.54, 1.807) is 66.7 Å². The van der Waals surface area contributed by atoms with Crippen molar-refractivity contribution in [3.05, 3.63) is 155 Å². The Hall–Kier alpha value is -8.99.